The van der Waals surface area contributed by atoms with Crippen LogP contribution in [0.1, 0.15) is 110 Å². The fraction of sp³-hybridized carbons (Fsp3) is 0.952. The summed E-state index contributed by atoms with van der Waals surface area (Å²) in [5.41, 5.74) is 0. The van der Waals surface area contributed by atoms with Gasteiger partial charge in [-0.2, -0.15) is 0 Å². The van der Waals surface area contributed by atoms with Crippen molar-refractivity contribution in [3.63, 3.8) is 0 Å². The van der Waals surface area contributed by atoms with Crippen molar-refractivity contribution in [3.8, 4) is 0 Å². The minimum absolute atomic E-state index is 0.433. The lowest BCUT2D eigenvalue weighted by Gasteiger charge is -2.28. The molecule has 1 heteroatoms. The molecule has 0 aromatic heterocycles. The first-order chi connectivity index (χ1) is 10.8. The third kappa shape index (κ3) is 6.42. The van der Waals surface area contributed by atoms with Gasteiger partial charge in [-0.05, 0) is 31.1 Å². The van der Waals surface area contributed by atoms with Crippen molar-refractivity contribution in [2.45, 2.75) is 110 Å². The molecule has 0 aromatic carbocycles. The molecule has 0 radical (unpaired) electrons. The van der Waals surface area contributed by atoms with E-state index in [4.69, 9.17) is 0 Å². The Labute approximate surface area is 138 Å². The molecule has 1 unspecified atom stereocenters. The zero-order chi connectivity index (χ0) is 15.6. The number of rotatable bonds is 9. The molecular weight excluding hydrogens is 268 g/mol. The summed E-state index contributed by atoms with van der Waals surface area (Å²) in [5, 5.41) is 0. The molecule has 0 bridgehead atoms. The van der Waals surface area contributed by atoms with Crippen LogP contribution in [0.15, 0.2) is 0 Å². The molecule has 2 aliphatic carbocycles. The lowest BCUT2D eigenvalue weighted by Crippen LogP contribution is -2.19. The van der Waals surface area contributed by atoms with E-state index in [0.29, 0.717) is 11.7 Å². The van der Waals surface area contributed by atoms with Crippen LogP contribution in [0.2, 0.25) is 0 Å². The van der Waals surface area contributed by atoms with Gasteiger partial charge in [0.2, 0.25) is 0 Å². The number of hydrogen-bond acceptors (Lipinski definition) is 1. The highest BCUT2D eigenvalue weighted by atomic mass is 16.1. The molecule has 1 atom stereocenters. The number of carbonyl (C=O) groups excluding carboxylic acids is 1. The molecule has 128 valence electrons. The van der Waals surface area contributed by atoms with Crippen LogP contribution in [-0.4, -0.2) is 5.78 Å². The number of carbonyl (C=O) groups is 1. The Morgan fingerprint density at radius 3 is 1.95 bits per heavy atom. The van der Waals surface area contributed by atoms with Crippen LogP contribution < -0.4 is 0 Å². The second-order valence-corrected chi connectivity index (χ2v) is 8.08. The molecule has 0 aliphatic heterocycles. The fourth-order valence-corrected chi connectivity index (χ4v) is 4.68. The van der Waals surface area contributed by atoms with E-state index >= 15 is 0 Å². The van der Waals surface area contributed by atoms with Crippen LogP contribution in [-0.2, 0) is 4.79 Å². The van der Waals surface area contributed by atoms with E-state index in [1.54, 1.807) is 0 Å². The first-order valence-corrected chi connectivity index (χ1v) is 10.3. The third-order valence-electron chi connectivity index (χ3n) is 6.28. The quantitative estimate of drug-likeness (QED) is 0.433. The zero-order valence-electron chi connectivity index (χ0n) is 15.0. The summed E-state index contributed by atoms with van der Waals surface area (Å²) in [7, 11) is 0. The van der Waals surface area contributed by atoms with E-state index in [9.17, 15) is 4.79 Å². The van der Waals surface area contributed by atoms with Crippen molar-refractivity contribution in [3.05, 3.63) is 0 Å². The second-order valence-electron chi connectivity index (χ2n) is 8.08. The minimum atomic E-state index is 0.433. The lowest BCUT2D eigenvalue weighted by molar-refractivity contribution is -0.124. The molecule has 0 spiro atoms. The van der Waals surface area contributed by atoms with Crippen molar-refractivity contribution >= 4 is 5.78 Å². The van der Waals surface area contributed by atoms with Gasteiger partial charge in [-0.1, -0.05) is 84.0 Å². The molecule has 2 aliphatic rings. The molecule has 0 aromatic rings. The smallest absolute Gasteiger partial charge is 0.135 e. The maximum absolute atomic E-state index is 11.8. The predicted molar refractivity (Wildman–Crippen MR) is 95.0 cm³/mol. The maximum Gasteiger partial charge on any atom is 0.135 e. The van der Waals surface area contributed by atoms with E-state index in [0.717, 1.165) is 24.7 Å². The summed E-state index contributed by atoms with van der Waals surface area (Å²) in [6, 6.07) is 0. The summed E-state index contributed by atoms with van der Waals surface area (Å²) >= 11 is 0. The van der Waals surface area contributed by atoms with Crippen LogP contribution in [0.5, 0.6) is 0 Å². The van der Waals surface area contributed by atoms with Gasteiger partial charge in [0.05, 0.1) is 0 Å². The maximum atomic E-state index is 11.8. The van der Waals surface area contributed by atoms with Gasteiger partial charge in [-0.25, -0.2) is 0 Å². The highest BCUT2D eigenvalue weighted by Gasteiger charge is 2.23. The topological polar surface area (TPSA) is 17.1 Å². The van der Waals surface area contributed by atoms with Gasteiger partial charge in [0.1, 0.15) is 5.78 Å². The van der Waals surface area contributed by atoms with Crippen LogP contribution in [0.25, 0.3) is 0 Å². The first-order valence-electron chi connectivity index (χ1n) is 10.3. The molecule has 22 heavy (non-hydrogen) atoms. The van der Waals surface area contributed by atoms with Crippen molar-refractivity contribution in [2.24, 2.45) is 17.8 Å². The van der Waals surface area contributed by atoms with Gasteiger partial charge in [0.25, 0.3) is 0 Å². The highest BCUT2D eigenvalue weighted by molar-refractivity contribution is 5.81. The molecule has 1 nitrogen and oxygen atoms in total. The Hall–Kier alpha value is -0.330. The lowest BCUT2D eigenvalue weighted by atomic mass is 9.77. The predicted octanol–water partition coefficient (Wildman–Crippen LogP) is 6.69. The Bertz CT molecular complexity index is 301. The molecular formula is C21H38O. The van der Waals surface area contributed by atoms with E-state index in [1.165, 1.54) is 89.9 Å². The largest absolute Gasteiger partial charge is 0.299 e. The van der Waals surface area contributed by atoms with Crippen molar-refractivity contribution < 1.29 is 4.79 Å². The zero-order valence-corrected chi connectivity index (χ0v) is 15.0. The standard InChI is InChI=1S/C21H38O/c1-2-3-4-9-18-14-16-19(17-15-18)10-5-6-11-20-12-7-8-13-21(20)22/h18-20H,2-17H2,1H3. The normalized spacial score (nSPS) is 29.7. The van der Waals surface area contributed by atoms with Gasteiger partial charge in [-0.3, -0.25) is 4.79 Å². The van der Waals surface area contributed by atoms with Gasteiger partial charge < -0.3 is 0 Å². The van der Waals surface area contributed by atoms with Crippen LogP contribution in [0.4, 0.5) is 0 Å². The Morgan fingerprint density at radius 2 is 1.36 bits per heavy atom. The monoisotopic (exact) mass is 306 g/mol. The highest BCUT2D eigenvalue weighted by Crippen LogP contribution is 2.35. The van der Waals surface area contributed by atoms with Gasteiger partial charge in [0.15, 0.2) is 0 Å². The number of Topliss-reactive ketones (excluding diaryl/α,β-unsaturated/α-hetero) is 1. The molecule has 0 N–H and O–H groups in total. The SMILES string of the molecule is CCCCCC1CCC(CCCCC2CCCCC2=O)CC1. The fourth-order valence-electron chi connectivity index (χ4n) is 4.68. The minimum Gasteiger partial charge on any atom is -0.299 e. The molecule has 2 saturated carbocycles. The van der Waals surface area contributed by atoms with E-state index in [1.807, 2.05) is 0 Å². The van der Waals surface area contributed by atoms with Gasteiger partial charge >= 0.3 is 0 Å². The van der Waals surface area contributed by atoms with E-state index < -0.39 is 0 Å². The Morgan fingerprint density at radius 1 is 0.773 bits per heavy atom. The summed E-state index contributed by atoms with van der Waals surface area (Å²) < 4.78 is 0. The van der Waals surface area contributed by atoms with Gasteiger partial charge in [-0.15, -0.1) is 0 Å². The molecule has 2 rings (SSSR count). The summed E-state index contributed by atoms with van der Waals surface area (Å²) in [4.78, 5) is 11.8. The average Bonchev–Trinajstić information content (AvgIpc) is 2.55. The summed E-state index contributed by atoms with van der Waals surface area (Å²) in [6.07, 6.45) is 21.5. The number of unbranched alkanes of at least 4 members (excludes halogenated alkanes) is 3. The van der Waals surface area contributed by atoms with Crippen molar-refractivity contribution in [2.75, 3.05) is 0 Å². The molecule has 0 saturated heterocycles. The first kappa shape index (κ1) is 18.0. The third-order valence-corrected chi connectivity index (χ3v) is 6.28. The van der Waals surface area contributed by atoms with Crippen LogP contribution in [0.3, 0.4) is 0 Å². The number of hydrogen-bond donors (Lipinski definition) is 0. The van der Waals surface area contributed by atoms with Crippen molar-refractivity contribution in [1.82, 2.24) is 0 Å². The Balaban J connectivity index is 1.49. The van der Waals surface area contributed by atoms with Crippen LogP contribution >= 0.6 is 0 Å². The van der Waals surface area contributed by atoms with E-state index in [-0.39, 0.29) is 0 Å². The second kappa shape index (κ2) is 10.4. The summed E-state index contributed by atoms with van der Waals surface area (Å²) in [5.74, 6) is 3.05. The molecule has 2 fully saturated rings. The Kier molecular flexibility index (Phi) is 8.55. The van der Waals surface area contributed by atoms with Crippen LogP contribution in [0, 0.1) is 17.8 Å². The number of ketones is 1. The molecule has 0 amide bonds. The van der Waals surface area contributed by atoms with E-state index in [2.05, 4.69) is 6.92 Å². The van der Waals surface area contributed by atoms with Gasteiger partial charge in [0, 0.05) is 12.3 Å². The average molecular weight is 307 g/mol. The van der Waals surface area contributed by atoms with Crippen molar-refractivity contribution in [1.29, 1.82) is 0 Å². The molecule has 0 heterocycles. The summed E-state index contributed by atoms with van der Waals surface area (Å²) in [6.45, 7) is 2.30.